The predicted octanol–water partition coefficient (Wildman–Crippen LogP) is 1.12. The summed E-state index contributed by atoms with van der Waals surface area (Å²) < 4.78 is 5.45. The Morgan fingerprint density at radius 2 is 2.26 bits per heavy atom. The summed E-state index contributed by atoms with van der Waals surface area (Å²) >= 11 is 0. The molecule has 0 aliphatic rings. The third-order valence-corrected chi connectivity index (χ3v) is 2.45. The standard InChI is InChI=1S/C14H21N3O2/c1-4-9-19-13-10-11(15)5-6-12(13)14(18)16-7-8-17(2)3/h4-6,10H,1,7-9,15H2,2-3H3,(H,16,18). The Hall–Kier alpha value is -2.01. The molecule has 3 N–H and O–H groups in total. The number of carbonyl (C=O) groups excluding carboxylic acids is 1. The number of nitrogen functional groups attached to an aromatic ring is 1. The molecule has 0 saturated carbocycles. The molecule has 0 aliphatic carbocycles. The van der Waals surface area contributed by atoms with E-state index in [-0.39, 0.29) is 5.91 Å². The molecule has 0 aliphatic heterocycles. The highest BCUT2D eigenvalue weighted by molar-refractivity contribution is 5.97. The number of hydrogen-bond acceptors (Lipinski definition) is 4. The third kappa shape index (κ3) is 5.01. The number of hydrogen-bond donors (Lipinski definition) is 2. The number of amides is 1. The van der Waals surface area contributed by atoms with Crippen molar-refractivity contribution in [2.45, 2.75) is 0 Å². The van der Waals surface area contributed by atoms with Gasteiger partial charge >= 0.3 is 0 Å². The van der Waals surface area contributed by atoms with Crippen LogP contribution in [0.4, 0.5) is 5.69 Å². The molecule has 104 valence electrons. The van der Waals surface area contributed by atoms with E-state index >= 15 is 0 Å². The minimum absolute atomic E-state index is 0.166. The van der Waals surface area contributed by atoms with Gasteiger partial charge in [-0.1, -0.05) is 12.7 Å². The van der Waals surface area contributed by atoms with Crippen molar-refractivity contribution in [2.75, 3.05) is 39.5 Å². The Balaban J connectivity index is 2.74. The number of rotatable bonds is 7. The highest BCUT2D eigenvalue weighted by Gasteiger charge is 2.12. The van der Waals surface area contributed by atoms with E-state index in [1.165, 1.54) is 0 Å². The first-order valence-corrected chi connectivity index (χ1v) is 6.10. The molecule has 5 nitrogen and oxygen atoms in total. The minimum Gasteiger partial charge on any atom is -0.489 e. The van der Waals surface area contributed by atoms with Crippen molar-refractivity contribution < 1.29 is 9.53 Å². The summed E-state index contributed by atoms with van der Waals surface area (Å²) in [5.41, 5.74) is 6.74. The lowest BCUT2D eigenvalue weighted by Gasteiger charge is -2.13. The van der Waals surface area contributed by atoms with Gasteiger partial charge < -0.3 is 20.7 Å². The van der Waals surface area contributed by atoms with Gasteiger partial charge in [0.05, 0.1) is 5.56 Å². The normalized spacial score (nSPS) is 10.3. The van der Waals surface area contributed by atoms with Crippen LogP contribution in [0.5, 0.6) is 5.75 Å². The van der Waals surface area contributed by atoms with Crippen LogP contribution in [0.15, 0.2) is 30.9 Å². The van der Waals surface area contributed by atoms with Crippen LogP contribution >= 0.6 is 0 Å². The average molecular weight is 263 g/mol. The molecular formula is C14H21N3O2. The van der Waals surface area contributed by atoms with Crippen molar-refractivity contribution >= 4 is 11.6 Å². The summed E-state index contributed by atoms with van der Waals surface area (Å²) in [6.45, 7) is 5.28. The van der Waals surface area contributed by atoms with E-state index in [0.717, 1.165) is 6.54 Å². The molecule has 1 rings (SSSR count). The largest absolute Gasteiger partial charge is 0.489 e. The molecule has 0 fully saturated rings. The molecule has 0 spiro atoms. The van der Waals surface area contributed by atoms with E-state index in [1.54, 1.807) is 24.3 Å². The molecule has 5 heteroatoms. The first kappa shape index (κ1) is 15.0. The molecule has 0 aromatic heterocycles. The van der Waals surface area contributed by atoms with Crippen molar-refractivity contribution in [1.29, 1.82) is 0 Å². The first-order valence-electron chi connectivity index (χ1n) is 6.10. The number of likely N-dealkylation sites (N-methyl/N-ethyl adjacent to an activating group) is 1. The Morgan fingerprint density at radius 1 is 1.53 bits per heavy atom. The van der Waals surface area contributed by atoms with Crippen molar-refractivity contribution in [3.63, 3.8) is 0 Å². The zero-order chi connectivity index (χ0) is 14.3. The molecule has 1 aromatic carbocycles. The maximum atomic E-state index is 12.0. The fourth-order valence-corrected chi connectivity index (χ4v) is 1.48. The lowest BCUT2D eigenvalue weighted by Crippen LogP contribution is -2.31. The molecule has 1 aromatic rings. The van der Waals surface area contributed by atoms with Crippen molar-refractivity contribution in [1.82, 2.24) is 10.2 Å². The number of benzene rings is 1. The van der Waals surface area contributed by atoms with Gasteiger partial charge in [0.2, 0.25) is 0 Å². The number of carbonyl (C=O) groups is 1. The van der Waals surface area contributed by atoms with Crippen molar-refractivity contribution in [2.24, 2.45) is 0 Å². The van der Waals surface area contributed by atoms with E-state index < -0.39 is 0 Å². The van der Waals surface area contributed by atoms with Gasteiger partial charge in [-0.05, 0) is 26.2 Å². The monoisotopic (exact) mass is 263 g/mol. The van der Waals surface area contributed by atoms with Crippen molar-refractivity contribution in [3.05, 3.63) is 36.4 Å². The molecule has 1 amide bonds. The maximum Gasteiger partial charge on any atom is 0.255 e. The molecule has 0 radical (unpaired) electrons. The summed E-state index contributed by atoms with van der Waals surface area (Å²) in [4.78, 5) is 14.0. The second-order valence-corrected chi connectivity index (χ2v) is 4.41. The van der Waals surface area contributed by atoms with Crippen LogP contribution in [0.25, 0.3) is 0 Å². The molecule has 0 atom stereocenters. The topological polar surface area (TPSA) is 67.6 Å². The number of anilines is 1. The lowest BCUT2D eigenvalue weighted by molar-refractivity contribution is 0.0947. The summed E-state index contributed by atoms with van der Waals surface area (Å²) in [5.74, 6) is 0.308. The first-order chi connectivity index (χ1) is 9.04. The fourth-order valence-electron chi connectivity index (χ4n) is 1.48. The van der Waals surface area contributed by atoms with E-state index in [4.69, 9.17) is 10.5 Å². The Bertz CT molecular complexity index is 444. The highest BCUT2D eigenvalue weighted by atomic mass is 16.5. The quantitative estimate of drug-likeness (QED) is 0.571. The minimum atomic E-state index is -0.166. The zero-order valence-corrected chi connectivity index (χ0v) is 11.5. The smallest absolute Gasteiger partial charge is 0.255 e. The SMILES string of the molecule is C=CCOc1cc(N)ccc1C(=O)NCCN(C)C. The lowest BCUT2D eigenvalue weighted by atomic mass is 10.1. The van der Waals surface area contributed by atoms with Crippen molar-refractivity contribution in [3.8, 4) is 5.75 Å². The van der Waals surface area contributed by atoms with Gasteiger partial charge in [0.15, 0.2) is 0 Å². The Morgan fingerprint density at radius 3 is 2.89 bits per heavy atom. The van der Waals surface area contributed by atoms with Gasteiger partial charge in [0.25, 0.3) is 5.91 Å². The summed E-state index contributed by atoms with van der Waals surface area (Å²) in [7, 11) is 3.90. The van der Waals surface area contributed by atoms with Crippen LogP contribution in [-0.4, -0.2) is 44.6 Å². The molecule has 0 heterocycles. The third-order valence-electron chi connectivity index (χ3n) is 2.45. The van der Waals surface area contributed by atoms with Crippen LogP contribution in [0, 0.1) is 0 Å². The summed E-state index contributed by atoms with van der Waals surface area (Å²) in [5, 5.41) is 2.84. The van der Waals surface area contributed by atoms with Gasteiger partial charge in [0, 0.05) is 24.8 Å². The number of nitrogens with one attached hydrogen (secondary N) is 1. The Kier molecular flexibility index (Phi) is 5.89. The maximum absolute atomic E-state index is 12.0. The molecule has 0 unspecified atom stereocenters. The predicted molar refractivity (Wildman–Crippen MR) is 77.4 cm³/mol. The molecule has 0 saturated heterocycles. The van der Waals surface area contributed by atoms with Crippen LogP contribution in [-0.2, 0) is 0 Å². The second kappa shape index (κ2) is 7.43. The van der Waals surface area contributed by atoms with E-state index in [9.17, 15) is 4.79 Å². The molecule has 0 bridgehead atoms. The van der Waals surface area contributed by atoms with E-state index in [0.29, 0.717) is 30.2 Å². The molecular weight excluding hydrogens is 242 g/mol. The van der Waals surface area contributed by atoms with E-state index in [1.807, 2.05) is 19.0 Å². The van der Waals surface area contributed by atoms with Gasteiger partial charge in [-0.3, -0.25) is 4.79 Å². The number of nitrogens with zero attached hydrogens (tertiary/aromatic N) is 1. The van der Waals surface area contributed by atoms with E-state index in [2.05, 4.69) is 11.9 Å². The van der Waals surface area contributed by atoms with Gasteiger partial charge in [-0.25, -0.2) is 0 Å². The summed E-state index contributed by atoms with van der Waals surface area (Å²) in [6.07, 6.45) is 1.62. The van der Waals surface area contributed by atoms with Crippen LogP contribution in [0.3, 0.4) is 0 Å². The van der Waals surface area contributed by atoms with Gasteiger partial charge in [-0.15, -0.1) is 0 Å². The number of nitrogens with two attached hydrogens (primary N) is 1. The zero-order valence-electron chi connectivity index (χ0n) is 11.5. The highest BCUT2D eigenvalue weighted by Crippen LogP contribution is 2.21. The van der Waals surface area contributed by atoms with Gasteiger partial charge in [0.1, 0.15) is 12.4 Å². The van der Waals surface area contributed by atoms with Crippen LogP contribution in [0.1, 0.15) is 10.4 Å². The average Bonchev–Trinajstić information content (AvgIpc) is 2.35. The van der Waals surface area contributed by atoms with Gasteiger partial charge in [-0.2, -0.15) is 0 Å². The molecule has 19 heavy (non-hydrogen) atoms. The van der Waals surface area contributed by atoms with Crippen LogP contribution in [0.2, 0.25) is 0 Å². The fraction of sp³-hybridized carbons (Fsp3) is 0.357. The Labute approximate surface area is 114 Å². The second-order valence-electron chi connectivity index (χ2n) is 4.41. The van der Waals surface area contributed by atoms with Crippen LogP contribution < -0.4 is 15.8 Å². The summed E-state index contributed by atoms with van der Waals surface area (Å²) in [6, 6.07) is 4.99. The number of ether oxygens (including phenoxy) is 1.